The summed E-state index contributed by atoms with van der Waals surface area (Å²) in [5, 5.41) is 3.43. The van der Waals surface area contributed by atoms with Gasteiger partial charge in [0, 0.05) is 25.2 Å². The van der Waals surface area contributed by atoms with Gasteiger partial charge in [0.25, 0.3) is 0 Å². The molecule has 5 heteroatoms. The van der Waals surface area contributed by atoms with Crippen molar-refractivity contribution in [3.05, 3.63) is 6.20 Å². The van der Waals surface area contributed by atoms with Crippen LogP contribution in [-0.2, 0) is 0 Å². The Morgan fingerprint density at radius 3 is 2.07 bits per heavy atom. The van der Waals surface area contributed by atoms with Crippen molar-refractivity contribution < 1.29 is 0 Å². The van der Waals surface area contributed by atoms with Gasteiger partial charge in [-0.1, -0.05) is 0 Å². The van der Waals surface area contributed by atoms with Crippen LogP contribution in [0.2, 0.25) is 0 Å². The third kappa shape index (κ3) is 2.20. The summed E-state index contributed by atoms with van der Waals surface area (Å²) in [6.45, 7) is 0. The lowest BCUT2D eigenvalue weighted by Gasteiger charge is -2.17. The maximum absolute atomic E-state index is 2.20. The Bertz CT molecular complexity index is 307. The largest absolute Gasteiger partial charge is 0.318 e. The van der Waals surface area contributed by atoms with Crippen LogP contribution in [-0.4, -0.2) is 37.5 Å². The van der Waals surface area contributed by atoms with E-state index >= 15 is 0 Å². The highest BCUT2D eigenvalue weighted by molar-refractivity contribution is 8.03. The summed E-state index contributed by atoms with van der Waals surface area (Å²) in [6.07, 6.45) is 8.58. The molecule has 80 valence electrons. The fourth-order valence-electron chi connectivity index (χ4n) is 1.25. The van der Waals surface area contributed by atoms with Crippen LogP contribution >= 0.6 is 35.3 Å². The van der Waals surface area contributed by atoms with Crippen molar-refractivity contribution in [2.75, 3.05) is 37.9 Å². The van der Waals surface area contributed by atoms with Gasteiger partial charge in [-0.2, -0.15) is 0 Å². The van der Waals surface area contributed by atoms with E-state index in [0.717, 1.165) is 0 Å². The molecule has 0 aliphatic carbocycles. The Morgan fingerprint density at radius 1 is 1.07 bits per heavy atom. The van der Waals surface area contributed by atoms with Gasteiger partial charge in [0.05, 0.1) is 4.90 Å². The van der Waals surface area contributed by atoms with Gasteiger partial charge < -0.3 is 5.01 Å². The van der Waals surface area contributed by atoms with Crippen LogP contribution in [0.4, 0.5) is 0 Å². The molecule has 0 atom stereocenters. The molecule has 0 radical (unpaired) electrons. The van der Waals surface area contributed by atoms with Crippen molar-refractivity contribution in [2.45, 2.75) is 14.8 Å². The molecule has 0 saturated heterocycles. The predicted octanol–water partition coefficient (Wildman–Crippen LogP) is 2.85. The van der Waals surface area contributed by atoms with Crippen molar-refractivity contribution in [2.24, 2.45) is 0 Å². The van der Waals surface area contributed by atoms with Crippen LogP contribution in [0.3, 0.4) is 0 Å². The second-order valence-corrected chi connectivity index (χ2v) is 5.39. The van der Waals surface area contributed by atoms with Gasteiger partial charge in [0.2, 0.25) is 0 Å². The van der Waals surface area contributed by atoms with E-state index in [9.17, 15) is 0 Å². The normalized spacial score (nSPS) is 10.6. The van der Waals surface area contributed by atoms with Gasteiger partial charge in [-0.25, -0.2) is 0 Å². The van der Waals surface area contributed by atoms with Gasteiger partial charge in [-0.05, 0) is 18.8 Å². The molecular formula is C9H16N2S3. The van der Waals surface area contributed by atoms with Crippen LogP contribution in [0.15, 0.2) is 21.0 Å². The van der Waals surface area contributed by atoms with Crippen LogP contribution in [0.5, 0.6) is 0 Å². The van der Waals surface area contributed by atoms with Crippen LogP contribution < -0.4 is 5.01 Å². The quantitative estimate of drug-likeness (QED) is 0.757. The highest BCUT2D eigenvalue weighted by atomic mass is 32.2. The molecule has 0 unspecified atom stereocenters. The molecule has 1 aromatic rings. The zero-order valence-electron chi connectivity index (χ0n) is 9.20. The maximum atomic E-state index is 2.20. The Hall–Kier alpha value is 0.130. The lowest BCUT2D eigenvalue weighted by molar-refractivity contribution is 0.668. The maximum Gasteiger partial charge on any atom is 0.110 e. The highest BCUT2D eigenvalue weighted by Crippen LogP contribution is 2.37. The summed E-state index contributed by atoms with van der Waals surface area (Å²) in [4.78, 5) is 2.74. The van der Waals surface area contributed by atoms with E-state index in [1.54, 1.807) is 23.5 Å². The molecular weight excluding hydrogens is 232 g/mol. The summed E-state index contributed by atoms with van der Waals surface area (Å²) in [6, 6.07) is 0. The van der Waals surface area contributed by atoms with E-state index in [2.05, 4.69) is 48.7 Å². The minimum Gasteiger partial charge on any atom is -0.318 e. The summed E-state index contributed by atoms with van der Waals surface area (Å²) in [7, 11) is 4.13. The molecule has 0 aliphatic heterocycles. The van der Waals surface area contributed by atoms with Crippen molar-refractivity contribution in [3.8, 4) is 0 Å². The topological polar surface area (TPSA) is 8.17 Å². The minimum atomic E-state index is 1.33. The van der Waals surface area contributed by atoms with Crippen molar-refractivity contribution in [1.82, 2.24) is 4.68 Å². The monoisotopic (exact) mass is 248 g/mol. The molecule has 0 spiro atoms. The molecule has 1 rings (SSSR count). The molecule has 0 aliphatic rings. The van der Waals surface area contributed by atoms with Crippen LogP contribution in [0.1, 0.15) is 0 Å². The van der Waals surface area contributed by atoms with E-state index in [0.29, 0.717) is 0 Å². The second kappa shape index (κ2) is 5.28. The Morgan fingerprint density at radius 2 is 1.71 bits per heavy atom. The third-order valence-electron chi connectivity index (χ3n) is 1.91. The number of thioether (sulfide) groups is 3. The molecule has 0 N–H and O–H groups in total. The molecule has 1 aromatic heterocycles. The van der Waals surface area contributed by atoms with Gasteiger partial charge >= 0.3 is 0 Å². The van der Waals surface area contributed by atoms with E-state index in [1.807, 2.05) is 11.8 Å². The zero-order chi connectivity index (χ0) is 10.7. The fourth-order valence-corrected chi connectivity index (χ4v) is 4.03. The predicted molar refractivity (Wildman–Crippen MR) is 69.8 cm³/mol. The SMILES string of the molecule is CSc1cn(N(C)C)c(SC)c1SC. The van der Waals surface area contributed by atoms with Gasteiger partial charge in [-0.3, -0.25) is 4.68 Å². The van der Waals surface area contributed by atoms with Crippen LogP contribution in [0, 0.1) is 0 Å². The highest BCUT2D eigenvalue weighted by Gasteiger charge is 2.14. The number of rotatable bonds is 4. The number of hydrogen-bond donors (Lipinski definition) is 0. The Kier molecular flexibility index (Phi) is 4.60. The Balaban J connectivity index is 3.24. The lowest BCUT2D eigenvalue weighted by atomic mass is 10.6. The average molecular weight is 248 g/mol. The molecule has 14 heavy (non-hydrogen) atoms. The molecule has 0 saturated carbocycles. The first kappa shape index (κ1) is 12.2. The molecule has 1 heterocycles. The summed E-state index contributed by atoms with van der Waals surface area (Å²) >= 11 is 5.42. The minimum absolute atomic E-state index is 1.33. The lowest BCUT2D eigenvalue weighted by Crippen LogP contribution is -2.24. The summed E-state index contributed by atoms with van der Waals surface area (Å²) in [5.74, 6) is 0. The number of hydrogen-bond acceptors (Lipinski definition) is 4. The first-order valence-electron chi connectivity index (χ1n) is 4.20. The van der Waals surface area contributed by atoms with E-state index in [1.165, 1.54) is 14.8 Å². The number of nitrogens with zero attached hydrogens (tertiary/aromatic N) is 2. The standard InChI is InChI=1S/C9H16N2S3/c1-10(2)11-6-7(12-3)8(13-4)9(11)14-5/h6H,1-5H3. The average Bonchev–Trinajstić information content (AvgIpc) is 2.54. The first-order valence-corrected chi connectivity index (χ1v) is 7.88. The molecule has 0 amide bonds. The smallest absolute Gasteiger partial charge is 0.110 e. The second-order valence-electron chi connectivity index (χ2n) is 2.93. The fraction of sp³-hybridized carbons (Fsp3) is 0.556. The Labute approximate surface area is 98.8 Å². The summed E-state index contributed by atoms with van der Waals surface area (Å²) < 4.78 is 2.20. The molecule has 0 fully saturated rings. The van der Waals surface area contributed by atoms with E-state index < -0.39 is 0 Å². The van der Waals surface area contributed by atoms with Crippen LogP contribution in [0.25, 0.3) is 0 Å². The zero-order valence-corrected chi connectivity index (χ0v) is 11.6. The van der Waals surface area contributed by atoms with Gasteiger partial charge in [0.15, 0.2) is 0 Å². The van der Waals surface area contributed by atoms with E-state index in [4.69, 9.17) is 0 Å². The molecule has 0 aromatic carbocycles. The van der Waals surface area contributed by atoms with Gasteiger partial charge in [-0.15, -0.1) is 35.3 Å². The van der Waals surface area contributed by atoms with Gasteiger partial charge in [0.1, 0.15) is 5.03 Å². The van der Waals surface area contributed by atoms with E-state index in [-0.39, 0.29) is 0 Å². The summed E-state index contributed by atoms with van der Waals surface area (Å²) in [5.41, 5.74) is 0. The number of aromatic nitrogens is 1. The van der Waals surface area contributed by atoms with Crippen molar-refractivity contribution >= 4 is 35.3 Å². The molecule has 0 bridgehead atoms. The van der Waals surface area contributed by atoms with Crippen molar-refractivity contribution in [3.63, 3.8) is 0 Å². The van der Waals surface area contributed by atoms with Crippen molar-refractivity contribution in [1.29, 1.82) is 0 Å². The first-order chi connectivity index (χ1) is 6.65. The third-order valence-corrected chi connectivity index (χ3v) is 4.52. The molecule has 2 nitrogen and oxygen atoms in total.